The molecule has 1 saturated carbocycles. The number of amides is 1. The Bertz CT molecular complexity index is 1120. The lowest BCUT2D eigenvalue weighted by atomic mass is 9.95. The monoisotopic (exact) mass is 463 g/mol. The molecule has 1 amide bonds. The van der Waals surface area contributed by atoms with Gasteiger partial charge in [0, 0.05) is 11.6 Å². The van der Waals surface area contributed by atoms with E-state index in [1.54, 1.807) is 24.3 Å². The lowest BCUT2D eigenvalue weighted by Gasteiger charge is -2.25. The summed E-state index contributed by atoms with van der Waals surface area (Å²) in [6, 6.07) is 15.4. The second kappa shape index (κ2) is 10.7. The van der Waals surface area contributed by atoms with Crippen molar-refractivity contribution in [3.05, 3.63) is 59.7 Å². The van der Waals surface area contributed by atoms with Crippen LogP contribution in [-0.4, -0.2) is 37.2 Å². The Morgan fingerprint density at radius 1 is 1.09 bits per heavy atom. The molecule has 172 valence electrons. The average molecular weight is 464 g/mol. The molecule has 1 heterocycles. The third kappa shape index (κ3) is 5.82. The molecule has 0 spiro atoms. The number of phenols is 1. The van der Waals surface area contributed by atoms with E-state index in [1.165, 1.54) is 36.6 Å². The van der Waals surface area contributed by atoms with Gasteiger partial charge in [-0.15, -0.1) is 10.2 Å². The minimum absolute atomic E-state index is 0.194. The molecule has 0 bridgehead atoms. The summed E-state index contributed by atoms with van der Waals surface area (Å²) in [6.45, 7) is 3.88. The van der Waals surface area contributed by atoms with Gasteiger partial charge in [-0.2, -0.15) is 5.10 Å². The predicted molar refractivity (Wildman–Crippen MR) is 132 cm³/mol. The Labute approximate surface area is 198 Å². The van der Waals surface area contributed by atoms with Gasteiger partial charge >= 0.3 is 0 Å². The SMILES string of the molecule is C/C(=N/NC(=O)CSc1nnc(-c2ccc(C)cc2)n1C1CCCCC1)c1ccc(O)cc1. The maximum atomic E-state index is 12.5. The molecule has 3 aromatic rings. The van der Waals surface area contributed by atoms with Gasteiger partial charge in [0.25, 0.3) is 5.91 Å². The first-order valence-corrected chi connectivity index (χ1v) is 12.3. The highest BCUT2D eigenvalue weighted by molar-refractivity contribution is 7.99. The molecule has 1 fully saturated rings. The molecule has 2 aromatic carbocycles. The summed E-state index contributed by atoms with van der Waals surface area (Å²) < 4.78 is 2.23. The van der Waals surface area contributed by atoms with Crippen LogP contribution in [0.5, 0.6) is 5.75 Å². The standard InChI is InChI=1S/C25H29N5O2S/c1-17-8-10-20(11-9-17)24-28-29-25(30(24)21-6-4-3-5-7-21)33-16-23(32)27-26-18(2)19-12-14-22(31)15-13-19/h8-15,21,31H,3-7,16H2,1-2H3,(H,27,32)/b26-18-. The van der Waals surface area contributed by atoms with E-state index in [2.05, 4.69) is 56.5 Å². The van der Waals surface area contributed by atoms with Crippen LogP contribution in [0.4, 0.5) is 0 Å². The molecule has 7 nitrogen and oxygen atoms in total. The molecule has 0 unspecified atom stereocenters. The number of thioether (sulfide) groups is 1. The number of phenolic OH excluding ortho intramolecular Hbond substituents is 1. The number of aryl methyl sites for hydroxylation is 1. The van der Waals surface area contributed by atoms with Crippen molar-refractivity contribution in [3.8, 4) is 17.1 Å². The number of hydrogen-bond acceptors (Lipinski definition) is 6. The highest BCUT2D eigenvalue weighted by Crippen LogP contribution is 2.35. The summed E-state index contributed by atoms with van der Waals surface area (Å²) in [4.78, 5) is 12.5. The summed E-state index contributed by atoms with van der Waals surface area (Å²) in [7, 11) is 0. The Morgan fingerprint density at radius 2 is 1.79 bits per heavy atom. The van der Waals surface area contributed by atoms with Crippen molar-refractivity contribution in [2.45, 2.75) is 57.1 Å². The van der Waals surface area contributed by atoms with Crippen molar-refractivity contribution in [1.82, 2.24) is 20.2 Å². The predicted octanol–water partition coefficient (Wildman–Crippen LogP) is 5.10. The first kappa shape index (κ1) is 23.0. The minimum atomic E-state index is -0.201. The van der Waals surface area contributed by atoms with E-state index >= 15 is 0 Å². The van der Waals surface area contributed by atoms with Gasteiger partial charge in [0.2, 0.25) is 0 Å². The van der Waals surface area contributed by atoms with Crippen molar-refractivity contribution >= 4 is 23.4 Å². The summed E-state index contributed by atoms with van der Waals surface area (Å²) in [6.07, 6.45) is 5.87. The molecule has 0 radical (unpaired) electrons. The number of rotatable bonds is 7. The van der Waals surface area contributed by atoms with E-state index < -0.39 is 0 Å². The van der Waals surface area contributed by atoms with E-state index in [1.807, 2.05) is 6.92 Å². The van der Waals surface area contributed by atoms with Gasteiger partial charge in [-0.05, 0) is 56.5 Å². The second-order valence-corrected chi connectivity index (χ2v) is 9.34. The number of aromatic hydroxyl groups is 1. The number of benzene rings is 2. The van der Waals surface area contributed by atoms with Crippen LogP contribution in [0.25, 0.3) is 11.4 Å². The third-order valence-corrected chi connectivity index (χ3v) is 6.82. The molecule has 4 rings (SSSR count). The molecule has 1 aliphatic rings. The van der Waals surface area contributed by atoms with Crippen LogP contribution in [0.3, 0.4) is 0 Å². The number of nitrogens with zero attached hydrogens (tertiary/aromatic N) is 4. The fraction of sp³-hybridized carbons (Fsp3) is 0.360. The van der Waals surface area contributed by atoms with Crippen LogP contribution >= 0.6 is 11.8 Å². The molecule has 0 aliphatic heterocycles. The molecule has 2 N–H and O–H groups in total. The van der Waals surface area contributed by atoms with Gasteiger partial charge in [-0.25, -0.2) is 5.43 Å². The Balaban J connectivity index is 1.47. The van der Waals surface area contributed by atoms with Crippen LogP contribution in [0.1, 0.15) is 56.2 Å². The molecular formula is C25H29N5O2S. The molecule has 8 heteroatoms. The van der Waals surface area contributed by atoms with Crippen molar-refractivity contribution < 1.29 is 9.90 Å². The van der Waals surface area contributed by atoms with Crippen LogP contribution in [0.15, 0.2) is 58.8 Å². The number of hydrazone groups is 1. The Kier molecular flexibility index (Phi) is 7.44. The minimum Gasteiger partial charge on any atom is -0.508 e. The van der Waals surface area contributed by atoms with Crippen molar-refractivity contribution in [2.75, 3.05) is 5.75 Å². The molecule has 0 atom stereocenters. The number of carbonyl (C=O) groups is 1. The van der Waals surface area contributed by atoms with Gasteiger partial charge in [-0.3, -0.25) is 9.36 Å². The Hall–Kier alpha value is -3.13. The number of nitrogens with one attached hydrogen (secondary N) is 1. The van der Waals surface area contributed by atoms with Gasteiger partial charge in [0.05, 0.1) is 11.5 Å². The Morgan fingerprint density at radius 3 is 2.48 bits per heavy atom. The zero-order chi connectivity index (χ0) is 23.2. The zero-order valence-electron chi connectivity index (χ0n) is 19.0. The summed E-state index contributed by atoms with van der Waals surface area (Å²) >= 11 is 1.39. The van der Waals surface area contributed by atoms with Crippen molar-refractivity contribution in [1.29, 1.82) is 0 Å². The van der Waals surface area contributed by atoms with Crippen LogP contribution in [0, 0.1) is 6.92 Å². The van der Waals surface area contributed by atoms with E-state index in [0.717, 1.165) is 34.9 Å². The van der Waals surface area contributed by atoms with E-state index in [4.69, 9.17) is 0 Å². The van der Waals surface area contributed by atoms with Crippen molar-refractivity contribution in [3.63, 3.8) is 0 Å². The topological polar surface area (TPSA) is 92.4 Å². The summed E-state index contributed by atoms with van der Waals surface area (Å²) in [5, 5.41) is 23.3. The van der Waals surface area contributed by atoms with Gasteiger partial charge < -0.3 is 5.11 Å². The fourth-order valence-corrected chi connectivity index (χ4v) is 4.82. The number of hydrogen-bond donors (Lipinski definition) is 2. The maximum Gasteiger partial charge on any atom is 0.250 e. The van der Waals surface area contributed by atoms with E-state index in [9.17, 15) is 9.90 Å². The van der Waals surface area contributed by atoms with Crippen LogP contribution < -0.4 is 5.43 Å². The largest absolute Gasteiger partial charge is 0.508 e. The van der Waals surface area contributed by atoms with Crippen molar-refractivity contribution in [2.24, 2.45) is 5.10 Å². The normalized spacial score (nSPS) is 14.9. The lowest BCUT2D eigenvalue weighted by molar-refractivity contribution is -0.118. The smallest absolute Gasteiger partial charge is 0.250 e. The molecule has 1 aromatic heterocycles. The fourth-order valence-electron chi connectivity index (χ4n) is 4.02. The summed E-state index contributed by atoms with van der Waals surface area (Å²) in [5.41, 5.74) is 6.37. The van der Waals surface area contributed by atoms with Crippen LogP contribution in [-0.2, 0) is 4.79 Å². The summed E-state index contributed by atoms with van der Waals surface area (Å²) in [5.74, 6) is 1.06. The third-order valence-electron chi connectivity index (χ3n) is 5.88. The highest BCUT2D eigenvalue weighted by Gasteiger charge is 2.24. The second-order valence-electron chi connectivity index (χ2n) is 8.40. The number of carbonyl (C=O) groups excluding carboxylic acids is 1. The zero-order valence-corrected chi connectivity index (χ0v) is 19.8. The van der Waals surface area contributed by atoms with Gasteiger partial charge in [0.1, 0.15) is 5.75 Å². The average Bonchev–Trinajstić information content (AvgIpc) is 3.26. The maximum absolute atomic E-state index is 12.5. The van der Waals surface area contributed by atoms with Gasteiger partial charge in [0.15, 0.2) is 11.0 Å². The van der Waals surface area contributed by atoms with E-state index in [-0.39, 0.29) is 17.4 Å². The van der Waals surface area contributed by atoms with Crippen LogP contribution in [0.2, 0.25) is 0 Å². The highest BCUT2D eigenvalue weighted by atomic mass is 32.2. The van der Waals surface area contributed by atoms with E-state index in [0.29, 0.717) is 11.8 Å². The first-order chi connectivity index (χ1) is 16.0. The molecule has 33 heavy (non-hydrogen) atoms. The molecule has 0 saturated heterocycles. The number of aromatic nitrogens is 3. The first-order valence-electron chi connectivity index (χ1n) is 11.3. The lowest BCUT2D eigenvalue weighted by Crippen LogP contribution is -2.22. The molecular weight excluding hydrogens is 434 g/mol. The molecule has 1 aliphatic carbocycles. The quantitative estimate of drug-likeness (QED) is 0.289. The van der Waals surface area contributed by atoms with Gasteiger partial charge in [-0.1, -0.05) is 60.9 Å².